The standard InChI is InChI=1S/C10H12ClNO/c11-9-2-1-7(5-10(9)12)8-3-4-13-6-8/h1-2,5,8H,3-4,6,12H2. The van der Waals surface area contributed by atoms with Gasteiger partial charge < -0.3 is 10.5 Å². The number of rotatable bonds is 1. The van der Waals surface area contributed by atoms with E-state index >= 15 is 0 Å². The number of ether oxygens (including phenoxy) is 1. The number of nitrogens with two attached hydrogens (primary N) is 1. The van der Waals surface area contributed by atoms with E-state index in [-0.39, 0.29) is 0 Å². The maximum Gasteiger partial charge on any atom is 0.0635 e. The first-order valence-corrected chi connectivity index (χ1v) is 4.78. The lowest BCUT2D eigenvalue weighted by Crippen LogP contribution is -1.98. The van der Waals surface area contributed by atoms with Crippen molar-refractivity contribution in [3.63, 3.8) is 0 Å². The predicted molar refractivity (Wildman–Crippen MR) is 54.0 cm³/mol. The molecule has 1 aliphatic rings. The summed E-state index contributed by atoms with van der Waals surface area (Å²) < 4.78 is 5.31. The molecule has 13 heavy (non-hydrogen) atoms. The minimum Gasteiger partial charge on any atom is -0.398 e. The van der Waals surface area contributed by atoms with Crippen LogP contribution in [0.3, 0.4) is 0 Å². The van der Waals surface area contributed by atoms with Crippen LogP contribution >= 0.6 is 11.6 Å². The summed E-state index contributed by atoms with van der Waals surface area (Å²) in [7, 11) is 0. The summed E-state index contributed by atoms with van der Waals surface area (Å²) in [6.45, 7) is 1.66. The Morgan fingerprint density at radius 1 is 1.46 bits per heavy atom. The zero-order valence-corrected chi connectivity index (χ0v) is 8.05. The molecule has 2 nitrogen and oxygen atoms in total. The van der Waals surface area contributed by atoms with Crippen LogP contribution in [0.4, 0.5) is 5.69 Å². The first-order chi connectivity index (χ1) is 6.27. The highest BCUT2D eigenvalue weighted by molar-refractivity contribution is 6.33. The normalized spacial score (nSPS) is 22.1. The van der Waals surface area contributed by atoms with E-state index in [0.717, 1.165) is 19.6 Å². The zero-order chi connectivity index (χ0) is 9.26. The summed E-state index contributed by atoms with van der Waals surface area (Å²) in [6, 6.07) is 5.82. The Kier molecular flexibility index (Phi) is 2.42. The summed E-state index contributed by atoms with van der Waals surface area (Å²) in [6.07, 6.45) is 1.08. The molecule has 1 aliphatic heterocycles. The molecule has 0 aromatic heterocycles. The van der Waals surface area contributed by atoms with Crippen LogP contribution in [0, 0.1) is 0 Å². The minimum atomic E-state index is 0.500. The van der Waals surface area contributed by atoms with E-state index in [1.54, 1.807) is 0 Å². The van der Waals surface area contributed by atoms with Crippen molar-refractivity contribution in [2.45, 2.75) is 12.3 Å². The van der Waals surface area contributed by atoms with E-state index in [9.17, 15) is 0 Å². The fourth-order valence-corrected chi connectivity index (χ4v) is 1.73. The number of hydrogen-bond donors (Lipinski definition) is 1. The Labute approximate surface area is 82.6 Å². The predicted octanol–water partition coefficient (Wildman–Crippen LogP) is 2.43. The summed E-state index contributed by atoms with van der Waals surface area (Å²) in [5, 5.41) is 0.627. The zero-order valence-electron chi connectivity index (χ0n) is 7.29. The van der Waals surface area contributed by atoms with Crippen molar-refractivity contribution in [2.75, 3.05) is 18.9 Å². The topological polar surface area (TPSA) is 35.2 Å². The SMILES string of the molecule is Nc1cc(C2CCOC2)ccc1Cl. The highest BCUT2D eigenvalue weighted by Crippen LogP contribution is 2.29. The van der Waals surface area contributed by atoms with Gasteiger partial charge in [0, 0.05) is 12.5 Å². The van der Waals surface area contributed by atoms with Crippen molar-refractivity contribution in [3.8, 4) is 0 Å². The van der Waals surface area contributed by atoms with Crippen molar-refractivity contribution < 1.29 is 4.74 Å². The molecular formula is C10H12ClNO. The van der Waals surface area contributed by atoms with Crippen LogP contribution in [0.5, 0.6) is 0 Å². The molecule has 0 saturated carbocycles. The minimum absolute atomic E-state index is 0.500. The van der Waals surface area contributed by atoms with Gasteiger partial charge in [-0.05, 0) is 24.1 Å². The first-order valence-electron chi connectivity index (χ1n) is 4.40. The highest BCUT2D eigenvalue weighted by Gasteiger charge is 2.17. The molecule has 1 aromatic carbocycles. The monoisotopic (exact) mass is 197 g/mol. The van der Waals surface area contributed by atoms with Crippen LogP contribution in [-0.4, -0.2) is 13.2 Å². The second kappa shape index (κ2) is 3.56. The summed E-state index contributed by atoms with van der Waals surface area (Å²) >= 11 is 5.83. The molecule has 1 aromatic rings. The summed E-state index contributed by atoms with van der Waals surface area (Å²) in [4.78, 5) is 0. The smallest absolute Gasteiger partial charge is 0.0635 e. The molecule has 0 radical (unpaired) electrons. The highest BCUT2D eigenvalue weighted by atomic mass is 35.5. The molecule has 0 bridgehead atoms. The first kappa shape index (κ1) is 8.85. The third-order valence-corrected chi connectivity index (χ3v) is 2.77. The van der Waals surface area contributed by atoms with E-state index in [4.69, 9.17) is 22.1 Å². The van der Waals surface area contributed by atoms with Crippen LogP contribution in [-0.2, 0) is 4.74 Å². The lowest BCUT2D eigenvalue weighted by Gasteiger charge is -2.08. The average molecular weight is 198 g/mol. The number of nitrogen functional groups attached to an aromatic ring is 1. The van der Waals surface area contributed by atoms with Gasteiger partial charge in [0.2, 0.25) is 0 Å². The van der Waals surface area contributed by atoms with Crippen molar-refractivity contribution in [2.24, 2.45) is 0 Å². The molecule has 3 heteroatoms. The Morgan fingerprint density at radius 2 is 2.31 bits per heavy atom. The molecule has 0 aliphatic carbocycles. The van der Waals surface area contributed by atoms with Crippen LogP contribution in [0.25, 0.3) is 0 Å². The fourth-order valence-electron chi connectivity index (χ4n) is 1.61. The molecule has 1 fully saturated rings. The summed E-state index contributed by atoms with van der Waals surface area (Å²) in [5.41, 5.74) is 7.61. The van der Waals surface area contributed by atoms with Gasteiger partial charge in [-0.25, -0.2) is 0 Å². The second-order valence-electron chi connectivity index (χ2n) is 3.34. The van der Waals surface area contributed by atoms with Gasteiger partial charge in [0.05, 0.1) is 17.3 Å². The summed E-state index contributed by atoms with van der Waals surface area (Å²) in [5.74, 6) is 0.500. The molecule has 2 N–H and O–H groups in total. The maximum atomic E-state index is 5.83. The van der Waals surface area contributed by atoms with Crippen molar-refractivity contribution in [1.82, 2.24) is 0 Å². The van der Waals surface area contributed by atoms with Gasteiger partial charge in [-0.3, -0.25) is 0 Å². The van der Waals surface area contributed by atoms with Gasteiger partial charge in [-0.1, -0.05) is 17.7 Å². The van der Waals surface area contributed by atoms with Crippen molar-refractivity contribution >= 4 is 17.3 Å². The van der Waals surface area contributed by atoms with Crippen LogP contribution in [0.15, 0.2) is 18.2 Å². The van der Waals surface area contributed by atoms with E-state index < -0.39 is 0 Å². The Balaban J connectivity index is 2.25. The molecule has 2 rings (SSSR count). The molecule has 1 heterocycles. The molecule has 70 valence electrons. The third kappa shape index (κ3) is 1.79. The number of benzene rings is 1. The fraction of sp³-hybridized carbons (Fsp3) is 0.400. The molecule has 0 spiro atoms. The molecule has 1 saturated heterocycles. The number of anilines is 1. The van der Waals surface area contributed by atoms with Gasteiger partial charge in [-0.2, -0.15) is 0 Å². The lowest BCUT2D eigenvalue weighted by molar-refractivity contribution is 0.194. The maximum absolute atomic E-state index is 5.83. The van der Waals surface area contributed by atoms with Crippen molar-refractivity contribution in [1.29, 1.82) is 0 Å². The van der Waals surface area contributed by atoms with Crippen LogP contribution in [0.1, 0.15) is 17.9 Å². The molecule has 0 amide bonds. The number of halogens is 1. The van der Waals surface area contributed by atoms with Crippen LogP contribution in [0.2, 0.25) is 5.02 Å². The van der Waals surface area contributed by atoms with E-state index in [2.05, 4.69) is 0 Å². The van der Waals surface area contributed by atoms with E-state index in [1.807, 2.05) is 18.2 Å². The third-order valence-electron chi connectivity index (χ3n) is 2.42. The molecule has 1 unspecified atom stereocenters. The van der Waals surface area contributed by atoms with Gasteiger partial charge in [0.25, 0.3) is 0 Å². The van der Waals surface area contributed by atoms with Crippen molar-refractivity contribution in [3.05, 3.63) is 28.8 Å². The van der Waals surface area contributed by atoms with Gasteiger partial charge in [-0.15, -0.1) is 0 Å². The molecule has 1 atom stereocenters. The van der Waals surface area contributed by atoms with Gasteiger partial charge >= 0.3 is 0 Å². The van der Waals surface area contributed by atoms with E-state index in [0.29, 0.717) is 16.6 Å². The molecular weight excluding hydrogens is 186 g/mol. The Morgan fingerprint density at radius 3 is 2.92 bits per heavy atom. The van der Waals surface area contributed by atoms with E-state index in [1.165, 1.54) is 5.56 Å². The second-order valence-corrected chi connectivity index (χ2v) is 3.75. The Bertz CT molecular complexity index is 308. The largest absolute Gasteiger partial charge is 0.398 e. The quantitative estimate of drug-likeness (QED) is 0.702. The van der Waals surface area contributed by atoms with Crippen LogP contribution < -0.4 is 5.73 Å². The Hall–Kier alpha value is -0.730. The van der Waals surface area contributed by atoms with Gasteiger partial charge in [0.15, 0.2) is 0 Å². The van der Waals surface area contributed by atoms with Gasteiger partial charge in [0.1, 0.15) is 0 Å². The average Bonchev–Trinajstić information content (AvgIpc) is 2.62. The number of hydrogen-bond acceptors (Lipinski definition) is 2. The lowest BCUT2D eigenvalue weighted by atomic mass is 9.98.